The van der Waals surface area contributed by atoms with Crippen LogP contribution >= 0.6 is 0 Å². The minimum atomic E-state index is -0.210. The second-order valence-corrected chi connectivity index (χ2v) is 3.44. The first-order valence-corrected chi connectivity index (χ1v) is 5.10. The lowest BCUT2D eigenvalue weighted by Gasteiger charge is -2.05. The summed E-state index contributed by atoms with van der Waals surface area (Å²) >= 11 is 0. The molecule has 88 valence electrons. The predicted molar refractivity (Wildman–Crippen MR) is 59.6 cm³/mol. The number of aromatic hydroxyl groups is 1. The van der Waals surface area contributed by atoms with Crippen LogP contribution in [0.15, 0.2) is 18.2 Å². The summed E-state index contributed by atoms with van der Waals surface area (Å²) in [6.07, 6.45) is 1.83. The van der Waals surface area contributed by atoms with E-state index in [4.69, 9.17) is 4.74 Å². The first-order valence-electron chi connectivity index (χ1n) is 5.10. The lowest BCUT2D eigenvalue weighted by atomic mass is 10.1. The summed E-state index contributed by atoms with van der Waals surface area (Å²) < 4.78 is 9.48. The normalized spacial score (nSPS) is 9.88. The zero-order chi connectivity index (χ0) is 12.0. The number of methoxy groups -OCH3 is 2. The molecule has 0 amide bonds. The Morgan fingerprint density at radius 2 is 2.12 bits per heavy atom. The van der Waals surface area contributed by atoms with Crippen LogP contribution in [0.2, 0.25) is 0 Å². The fourth-order valence-electron chi connectivity index (χ4n) is 1.43. The number of carbonyl (C=O) groups excluding carboxylic acids is 1. The lowest BCUT2D eigenvalue weighted by Crippen LogP contribution is -2.00. The minimum absolute atomic E-state index is 0.123. The first kappa shape index (κ1) is 12.4. The maximum Gasteiger partial charge on any atom is 0.305 e. The van der Waals surface area contributed by atoms with E-state index < -0.39 is 0 Å². The highest BCUT2D eigenvalue weighted by Crippen LogP contribution is 2.26. The van der Waals surface area contributed by atoms with Gasteiger partial charge in [-0.15, -0.1) is 0 Å². The van der Waals surface area contributed by atoms with Crippen molar-refractivity contribution in [1.82, 2.24) is 0 Å². The number of phenolic OH excluding ortho intramolecular Hbond substituents is 1. The average molecular weight is 224 g/mol. The van der Waals surface area contributed by atoms with Crippen molar-refractivity contribution >= 4 is 5.97 Å². The highest BCUT2D eigenvalue weighted by molar-refractivity contribution is 5.69. The average Bonchev–Trinajstić information content (AvgIpc) is 2.29. The van der Waals surface area contributed by atoms with Crippen molar-refractivity contribution in [2.75, 3.05) is 14.2 Å². The highest BCUT2D eigenvalue weighted by atomic mass is 16.5. The summed E-state index contributed by atoms with van der Waals surface area (Å²) in [7, 11) is 2.88. The number of aryl methyl sites for hydroxylation is 1. The number of rotatable bonds is 5. The monoisotopic (exact) mass is 224 g/mol. The van der Waals surface area contributed by atoms with Gasteiger partial charge in [-0.1, -0.05) is 6.07 Å². The molecule has 1 N–H and O–H groups in total. The van der Waals surface area contributed by atoms with Crippen LogP contribution in [0, 0.1) is 0 Å². The van der Waals surface area contributed by atoms with Gasteiger partial charge >= 0.3 is 5.97 Å². The molecule has 0 spiro atoms. The number of esters is 1. The smallest absolute Gasteiger partial charge is 0.305 e. The SMILES string of the molecule is COC(=O)CCCc1ccc(OC)c(O)c1. The van der Waals surface area contributed by atoms with E-state index in [-0.39, 0.29) is 11.7 Å². The van der Waals surface area contributed by atoms with Gasteiger partial charge in [0.05, 0.1) is 14.2 Å². The van der Waals surface area contributed by atoms with Crippen LogP contribution in [0.25, 0.3) is 0 Å². The third-order valence-corrected chi connectivity index (χ3v) is 2.32. The van der Waals surface area contributed by atoms with E-state index in [1.54, 1.807) is 12.1 Å². The fourth-order valence-corrected chi connectivity index (χ4v) is 1.43. The highest BCUT2D eigenvalue weighted by Gasteiger charge is 2.04. The Morgan fingerprint density at radius 1 is 1.38 bits per heavy atom. The third-order valence-electron chi connectivity index (χ3n) is 2.32. The molecular weight excluding hydrogens is 208 g/mol. The molecule has 4 heteroatoms. The van der Waals surface area contributed by atoms with Crippen molar-refractivity contribution in [3.63, 3.8) is 0 Å². The molecule has 0 aliphatic heterocycles. The van der Waals surface area contributed by atoms with Gasteiger partial charge in [0.15, 0.2) is 11.5 Å². The fraction of sp³-hybridized carbons (Fsp3) is 0.417. The Kier molecular flexibility index (Phi) is 4.64. The number of hydrogen-bond acceptors (Lipinski definition) is 4. The van der Waals surface area contributed by atoms with Gasteiger partial charge in [0.1, 0.15) is 0 Å². The van der Waals surface area contributed by atoms with E-state index in [1.165, 1.54) is 14.2 Å². The zero-order valence-corrected chi connectivity index (χ0v) is 9.53. The largest absolute Gasteiger partial charge is 0.504 e. The summed E-state index contributed by atoms with van der Waals surface area (Å²) in [5.41, 5.74) is 0.974. The Hall–Kier alpha value is -1.71. The number of benzene rings is 1. The van der Waals surface area contributed by atoms with Gasteiger partial charge in [0.2, 0.25) is 0 Å². The van der Waals surface area contributed by atoms with Gasteiger partial charge in [-0.25, -0.2) is 0 Å². The summed E-state index contributed by atoms with van der Waals surface area (Å²) in [5, 5.41) is 9.53. The quantitative estimate of drug-likeness (QED) is 0.776. The second kappa shape index (κ2) is 6.00. The topological polar surface area (TPSA) is 55.8 Å². The van der Waals surface area contributed by atoms with Crippen LogP contribution in [0.1, 0.15) is 18.4 Å². The molecule has 0 unspecified atom stereocenters. The molecule has 1 aromatic carbocycles. The van der Waals surface area contributed by atoms with Crippen LogP contribution in [-0.2, 0) is 16.0 Å². The van der Waals surface area contributed by atoms with Crippen molar-refractivity contribution in [1.29, 1.82) is 0 Å². The van der Waals surface area contributed by atoms with E-state index in [2.05, 4.69) is 4.74 Å². The van der Waals surface area contributed by atoms with Gasteiger partial charge in [0.25, 0.3) is 0 Å². The number of carbonyl (C=O) groups is 1. The van der Waals surface area contributed by atoms with E-state index in [1.807, 2.05) is 6.07 Å². The minimum Gasteiger partial charge on any atom is -0.504 e. The van der Waals surface area contributed by atoms with Crippen LogP contribution in [0.5, 0.6) is 11.5 Å². The van der Waals surface area contributed by atoms with E-state index in [9.17, 15) is 9.90 Å². The third kappa shape index (κ3) is 3.46. The molecule has 0 saturated carbocycles. The van der Waals surface area contributed by atoms with Crippen molar-refractivity contribution in [3.05, 3.63) is 23.8 Å². The first-order chi connectivity index (χ1) is 7.67. The lowest BCUT2D eigenvalue weighted by molar-refractivity contribution is -0.140. The van der Waals surface area contributed by atoms with E-state index in [0.29, 0.717) is 18.6 Å². The summed E-state index contributed by atoms with van der Waals surface area (Å²) in [4.78, 5) is 10.9. The molecule has 0 fully saturated rings. The molecule has 0 aromatic heterocycles. The molecule has 1 rings (SSSR count). The van der Waals surface area contributed by atoms with Crippen molar-refractivity contribution in [2.24, 2.45) is 0 Å². The molecule has 0 radical (unpaired) electrons. The van der Waals surface area contributed by atoms with Crippen LogP contribution in [-0.4, -0.2) is 25.3 Å². The van der Waals surface area contributed by atoms with Crippen LogP contribution < -0.4 is 4.74 Å². The number of hydrogen-bond donors (Lipinski definition) is 1. The second-order valence-electron chi connectivity index (χ2n) is 3.44. The van der Waals surface area contributed by atoms with Crippen LogP contribution in [0.3, 0.4) is 0 Å². The molecule has 4 nitrogen and oxygen atoms in total. The summed E-state index contributed by atoms with van der Waals surface area (Å²) in [5.74, 6) is 0.368. The van der Waals surface area contributed by atoms with Gasteiger partial charge < -0.3 is 14.6 Å². The van der Waals surface area contributed by atoms with Crippen molar-refractivity contribution in [3.8, 4) is 11.5 Å². The van der Waals surface area contributed by atoms with Crippen molar-refractivity contribution < 1.29 is 19.4 Å². The molecular formula is C12H16O4. The standard InChI is InChI=1S/C12H16O4/c1-15-11-7-6-9(8-10(11)13)4-3-5-12(14)16-2/h6-8,13H,3-5H2,1-2H3. The Labute approximate surface area is 94.8 Å². The zero-order valence-electron chi connectivity index (χ0n) is 9.53. The molecule has 0 aliphatic rings. The molecule has 0 atom stereocenters. The summed E-state index contributed by atoms with van der Waals surface area (Å²) in [6, 6.07) is 5.23. The Bertz CT molecular complexity index is 360. The molecule has 0 aliphatic carbocycles. The Balaban J connectivity index is 2.49. The predicted octanol–water partition coefficient (Wildman–Crippen LogP) is 1.90. The van der Waals surface area contributed by atoms with Gasteiger partial charge in [-0.3, -0.25) is 4.79 Å². The van der Waals surface area contributed by atoms with Gasteiger partial charge in [-0.2, -0.15) is 0 Å². The van der Waals surface area contributed by atoms with Gasteiger partial charge in [-0.05, 0) is 30.5 Å². The maximum atomic E-state index is 10.9. The number of phenols is 1. The maximum absolute atomic E-state index is 10.9. The van der Waals surface area contributed by atoms with Crippen LogP contribution in [0.4, 0.5) is 0 Å². The van der Waals surface area contributed by atoms with Gasteiger partial charge in [0, 0.05) is 6.42 Å². The molecule has 0 saturated heterocycles. The van der Waals surface area contributed by atoms with E-state index >= 15 is 0 Å². The molecule has 16 heavy (non-hydrogen) atoms. The number of ether oxygens (including phenoxy) is 2. The molecule has 1 aromatic rings. The van der Waals surface area contributed by atoms with Crippen molar-refractivity contribution in [2.45, 2.75) is 19.3 Å². The Morgan fingerprint density at radius 3 is 2.69 bits per heavy atom. The summed E-state index contributed by atoms with van der Waals surface area (Å²) in [6.45, 7) is 0. The van der Waals surface area contributed by atoms with E-state index in [0.717, 1.165) is 12.0 Å². The molecule has 0 heterocycles. The molecule has 0 bridgehead atoms.